The maximum absolute atomic E-state index is 8.98. The number of hydrogen-bond acceptors (Lipinski definition) is 6. The molecule has 0 saturated carbocycles. The van der Waals surface area contributed by atoms with Gasteiger partial charge in [-0.15, -0.1) is 0 Å². The predicted octanol–water partition coefficient (Wildman–Crippen LogP) is 3.40. The van der Waals surface area contributed by atoms with Gasteiger partial charge in [-0.05, 0) is 49.7 Å². The Morgan fingerprint density at radius 2 is 2.04 bits per heavy atom. The summed E-state index contributed by atoms with van der Waals surface area (Å²) >= 11 is 0. The third kappa shape index (κ3) is 2.84. The lowest BCUT2D eigenvalue weighted by Gasteiger charge is -2.19. The highest BCUT2D eigenvalue weighted by atomic mass is 16.3. The molecule has 3 aromatic heterocycles. The number of anilines is 1. The number of rotatable bonds is 6. The third-order valence-corrected chi connectivity index (χ3v) is 4.92. The predicted molar refractivity (Wildman–Crippen MR) is 97.9 cm³/mol. The van der Waals surface area contributed by atoms with Gasteiger partial charge in [0.25, 0.3) is 0 Å². The average molecular weight is 340 g/mol. The maximum atomic E-state index is 8.98. The van der Waals surface area contributed by atoms with Crippen molar-refractivity contribution >= 4 is 28.0 Å². The van der Waals surface area contributed by atoms with E-state index in [0.29, 0.717) is 30.1 Å². The molecule has 132 valence electrons. The highest BCUT2D eigenvalue weighted by Gasteiger charge is 2.23. The second-order valence-corrected chi connectivity index (χ2v) is 6.66. The standard InChI is InChI=1S/C19H24N4O2/c1-2-6-14-12-7-3-4-8-13(12)15-16-17(25-19(15)23-14)18(22-11-21-16)20-9-5-10-24/h11,24H,2-10H2,1H3,(H,20,21,22). The molecule has 0 aliphatic heterocycles. The third-order valence-electron chi connectivity index (χ3n) is 4.92. The average Bonchev–Trinajstić information content (AvgIpc) is 3.02. The van der Waals surface area contributed by atoms with Crippen molar-refractivity contribution < 1.29 is 9.52 Å². The maximum Gasteiger partial charge on any atom is 0.229 e. The summed E-state index contributed by atoms with van der Waals surface area (Å²) in [6, 6.07) is 0. The number of hydrogen-bond donors (Lipinski definition) is 2. The lowest BCUT2D eigenvalue weighted by Crippen LogP contribution is -2.09. The van der Waals surface area contributed by atoms with Crippen molar-refractivity contribution in [2.45, 2.75) is 51.9 Å². The molecule has 6 heteroatoms. The van der Waals surface area contributed by atoms with Crippen molar-refractivity contribution in [1.29, 1.82) is 0 Å². The summed E-state index contributed by atoms with van der Waals surface area (Å²) in [4.78, 5) is 13.7. The van der Waals surface area contributed by atoms with Crippen molar-refractivity contribution in [1.82, 2.24) is 15.0 Å². The molecule has 3 heterocycles. The van der Waals surface area contributed by atoms with Crippen LogP contribution in [0.5, 0.6) is 0 Å². The minimum atomic E-state index is 0.150. The van der Waals surface area contributed by atoms with E-state index in [9.17, 15) is 0 Å². The Hall–Kier alpha value is -2.21. The molecule has 0 bridgehead atoms. The molecule has 0 aromatic carbocycles. The Kier molecular flexibility index (Phi) is 4.53. The first kappa shape index (κ1) is 16.3. The van der Waals surface area contributed by atoms with Crippen LogP contribution in [-0.4, -0.2) is 33.2 Å². The van der Waals surface area contributed by atoms with Crippen LogP contribution in [0.1, 0.15) is 49.4 Å². The van der Waals surface area contributed by atoms with Crippen molar-refractivity contribution in [2.24, 2.45) is 0 Å². The lowest BCUT2D eigenvalue weighted by atomic mass is 9.88. The normalized spacial score (nSPS) is 14.2. The number of nitrogens with zero attached hydrogens (tertiary/aromatic N) is 3. The molecule has 3 aromatic rings. The smallest absolute Gasteiger partial charge is 0.229 e. The number of furan rings is 1. The van der Waals surface area contributed by atoms with Gasteiger partial charge in [0.15, 0.2) is 11.4 Å². The number of pyridine rings is 1. The number of aromatic nitrogens is 3. The van der Waals surface area contributed by atoms with Crippen molar-refractivity contribution in [3.63, 3.8) is 0 Å². The minimum absolute atomic E-state index is 0.150. The number of fused-ring (bicyclic) bond motifs is 5. The molecule has 4 rings (SSSR count). The molecular formula is C19H24N4O2. The van der Waals surface area contributed by atoms with E-state index in [-0.39, 0.29) is 6.61 Å². The van der Waals surface area contributed by atoms with Gasteiger partial charge in [0.2, 0.25) is 5.71 Å². The monoisotopic (exact) mass is 340 g/mol. The zero-order valence-electron chi connectivity index (χ0n) is 14.6. The van der Waals surface area contributed by atoms with E-state index in [2.05, 4.69) is 22.2 Å². The molecule has 0 radical (unpaired) electrons. The van der Waals surface area contributed by atoms with Crippen LogP contribution in [0.2, 0.25) is 0 Å². The van der Waals surface area contributed by atoms with Crippen molar-refractivity contribution in [3.8, 4) is 0 Å². The summed E-state index contributed by atoms with van der Waals surface area (Å²) in [5, 5.41) is 13.3. The van der Waals surface area contributed by atoms with Gasteiger partial charge in [-0.1, -0.05) is 13.3 Å². The highest BCUT2D eigenvalue weighted by Crippen LogP contribution is 2.37. The van der Waals surface area contributed by atoms with Crippen LogP contribution in [0.4, 0.5) is 5.82 Å². The van der Waals surface area contributed by atoms with Crippen molar-refractivity contribution in [3.05, 3.63) is 23.1 Å². The Labute approximate surface area is 146 Å². The van der Waals surface area contributed by atoms with Gasteiger partial charge < -0.3 is 14.8 Å². The molecule has 0 spiro atoms. The Balaban J connectivity index is 1.91. The SMILES string of the molecule is CCCc1nc2oc3c(NCCCO)ncnc3c2c2c1CCCC2. The first-order chi connectivity index (χ1) is 12.3. The number of aliphatic hydroxyl groups is 1. The molecule has 0 unspecified atom stereocenters. The highest BCUT2D eigenvalue weighted by molar-refractivity contribution is 6.06. The van der Waals surface area contributed by atoms with Crippen molar-refractivity contribution in [2.75, 3.05) is 18.5 Å². The van der Waals surface area contributed by atoms with Gasteiger partial charge >= 0.3 is 0 Å². The van der Waals surface area contributed by atoms with Crippen LogP contribution in [0, 0.1) is 0 Å². The van der Waals surface area contributed by atoms with Crippen LogP contribution >= 0.6 is 0 Å². The van der Waals surface area contributed by atoms with Gasteiger partial charge in [-0.2, -0.15) is 0 Å². The second-order valence-electron chi connectivity index (χ2n) is 6.66. The fraction of sp³-hybridized carbons (Fsp3) is 0.526. The van der Waals surface area contributed by atoms with Crippen LogP contribution in [0.15, 0.2) is 10.7 Å². The molecule has 1 aliphatic rings. The minimum Gasteiger partial charge on any atom is -0.432 e. The lowest BCUT2D eigenvalue weighted by molar-refractivity contribution is 0.292. The Morgan fingerprint density at radius 3 is 2.84 bits per heavy atom. The van der Waals surface area contributed by atoms with Crippen LogP contribution in [-0.2, 0) is 19.3 Å². The van der Waals surface area contributed by atoms with E-state index < -0.39 is 0 Å². The summed E-state index contributed by atoms with van der Waals surface area (Å²) in [5.41, 5.74) is 6.18. The second kappa shape index (κ2) is 6.96. The Morgan fingerprint density at radius 1 is 1.20 bits per heavy atom. The fourth-order valence-electron chi connectivity index (χ4n) is 3.79. The number of aliphatic hydroxyl groups excluding tert-OH is 1. The topological polar surface area (TPSA) is 84.1 Å². The summed E-state index contributed by atoms with van der Waals surface area (Å²) in [6.45, 7) is 2.98. The largest absolute Gasteiger partial charge is 0.432 e. The van der Waals surface area contributed by atoms with E-state index in [1.54, 1.807) is 6.33 Å². The fourth-order valence-corrected chi connectivity index (χ4v) is 3.79. The van der Waals surface area contributed by atoms with Gasteiger partial charge in [-0.25, -0.2) is 15.0 Å². The summed E-state index contributed by atoms with van der Waals surface area (Å²) in [6.07, 6.45) is 8.92. The van der Waals surface area contributed by atoms with E-state index >= 15 is 0 Å². The molecule has 0 saturated heterocycles. The Bertz CT molecular complexity index is 903. The van der Waals surface area contributed by atoms with Gasteiger partial charge in [0.1, 0.15) is 11.8 Å². The zero-order valence-corrected chi connectivity index (χ0v) is 14.6. The van der Waals surface area contributed by atoms with E-state index in [4.69, 9.17) is 14.5 Å². The molecule has 6 nitrogen and oxygen atoms in total. The van der Waals surface area contributed by atoms with E-state index in [1.807, 2.05) is 0 Å². The molecule has 0 fully saturated rings. The van der Waals surface area contributed by atoms with Crippen LogP contribution in [0.3, 0.4) is 0 Å². The quantitative estimate of drug-likeness (QED) is 0.669. The van der Waals surface area contributed by atoms with Gasteiger partial charge in [0, 0.05) is 18.8 Å². The summed E-state index contributed by atoms with van der Waals surface area (Å²) in [7, 11) is 0. The first-order valence-electron chi connectivity index (χ1n) is 9.26. The molecule has 1 aliphatic carbocycles. The van der Waals surface area contributed by atoms with Gasteiger partial charge in [0.05, 0.1) is 5.39 Å². The number of aryl methyl sites for hydroxylation is 2. The van der Waals surface area contributed by atoms with E-state index in [0.717, 1.165) is 36.6 Å². The molecule has 2 N–H and O–H groups in total. The first-order valence-corrected chi connectivity index (χ1v) is 9.26. The molecule has 0 amide bonds. The van der Waals surface area contributed by atoms with E-state index in [1.165, 1.54) is 29.7 Å². The van der Waals surface area contributed by atoms with Crippen LogP contribution < -0.4 is 5.32 Å². The molecule has 0 atom stereocenters. The molecule has 25 heavy (non-hydrogen) atoms. The number of nitrogens with one attached hydrogen (secondary N) is 1. The zero-order chi connectivity index (χ0) is 17.2. The van der Waals surface area contributed by atoms with Gasteiger partial charge in [-0.3, -0.25) is 0 Å². The summed E-state index contributed by atoms with van der Waals surface area (Å²) < 4.78 is 6.11. The molecular weight excluding hydrogens is 316 g/mol. The van der Waals surface area contributed by atoms with Crippen LogP contribution in [0.25, 0.3) is 22.2 Å². The summed E-state index contributed by atoms with van der Waals surface area (Å²) in [5.74, 6) is 0.679.